The minimum Gasteiger partial charge on any atom is -0.493 e. The molecule has 2 amide bonds. The zero-order valence-electron chi connectivity index (χ0n) is 17.9. The maximum Gasteiger partial charge on any atom is 0.344 e. The highest BCUT2D eigenvalue weighted by atomic mass is 16.6. The average Bonchev–Trinajstić information content (AvgIpc) is 3.29. The molecule has 2 aromatic rings. The van der Waals surface area contributed by atoms with Gasteiger partial charge in [-0.05, 0) is 55.7 Å². The third-order valence-corrected chi connectivity index (χ3v) is 5.85. The molecule has 0 radical (unpaired) electrons. The van der Waals surface area contributed by atoms with Gasteiger partial charge in [0.05, 0.1) is 14.2 Å². The summed E-state index contributed by atoms with van der Waals surface area (Å²) >= 11 is 0. The lowest BCUT2D eigenvalue weighted by Gasteiger charge is -2.29. The largest absolute Gasteiger partial charge is 0.493 e. The maximum atomic E-state index is 13.1. The lowest BCUT2D eigenvalue weighted by Crippen LogP contribution is -2.43. The minimum atomic E-state index is -0.993. The Morgan fingerprint density at radius 1 is 1.10 bits per heavy atom. The van der Waals surface area contributed by atoms with Crippen molar-refractivity contribution in [2.75, 3.05) is 19.5 Å². The number of esters is 1. The molecule has 8 heteroatoms. The van der Waals surface area contributed by atoms with Crippen molar-refractivity contribution in [3.05, 3.63) is 52.6 Å². The standard InChI is InChI=1S/C23H24N2O6/c1-12-5-6-14(11-13(12)2)24-21(27)16-8-10-18(26)25(16)22-15-7-9-17(29-3)20(30-4)19(15)23(28)31-22/h5-7,9,11,16,22H,8,10H2,1-4H3,(H,24,27)/t16-,22-/m1/s1. The minimum absolute atomic E-state index is 0.196. The molecule has 2 aromatic carbocycles. The summed E-state index contributed by atoms with van der Waals surface area (Å²) in [5, 5.41) is 2.88. The summed E-state index contributed by atoms with van der Waals surface area (Å²) in [4.78, 5) is 39.8. The van der Waals surface area contributed by atoms with Crippen LogP contribution in [-0.4, -0.2) is 42.9 Å². The molecule has 1 N–H and O–H groups in total. The maximum absolute atomic E-state index is 13.1. The number of carbonyl (C=O) groups is 3. The molecule has 2 atom stereocenters. The molecule has 0 saturated carbocycles. The summed E-state index contributed by atoms with van der Waals surface area (Å²) in [6.07, 6.45) is -0.457. The lowest BCUT2D eigenvalue weighted by molar-refractivity contribution is -0.144. The molecule has 0 unspecified atom stereocenters. The molecule has 31 heavy (non-hydrogen) atoms. The molecule has 4 rings (SSSR count). The third kappa shape index (κ3) is 3.48. The van der Waals surface area contributed by atoms with E-state index in [1.807, 2.05) is 32.0 Å². The predicted molar refractivity (Wildman–Crippen MR) is 112 cm³/mol. The van der Waals surface area contributed by atoms with E-state index in [4.69, 9.17) is 14.2 Å². The van der Waals surface area contributed by atoms with E-state index in [1.54, 1.807) is 12.1 Å². The van der Waals surface area contributed by atoms with Crippen molar-refractivity contribution in [3.8, 4) is 11.5 Å². The number of fused-ring (bicyclic) bond motifs is 1. The van der Waals surface area contributed by atoms with Crippen molar-refractivity contribution in [1.29, 1.82) is 0 Å². The first-order valence-corrected chi connectivity index (χ1v) is 10.0. The highest BCUT2D eigenvalue weighted by molar-refractivity contribution is 6.01. The molecule has 162 valence electrons. The van der Waals surface area contributed by atoms with Gasteiger partial charge in [-0.15, -0.1) is 0 Å². The molecular weight excluding hydrogens is 400 g/mol. The summed E-state index contributed by atoms with van der Waals surface area (Å²) in [5.74, 6) is -0.561. The van der Waals surface area contributed by atoms with Gasteiger partial charge in [-0.3, -0.25) is 14.5 Å². The number of benzene rings is 2. The van der Waals surface area contributed by atoms with Gasteiger partial charge in [-0.2, -0.15) is 0 Å². The van der Waals surface area contributed by atoms with Crippen LogP contribution in [0, 0.1) is 13.8 Å². The van der Waals surface area contributed by atoms with Gasteiger partial charge in [0.2, 0.25) is 18.0 Å². The fourth-order valence-corrected chi connectivity index (χ4v) is 4.09. The second kappa shape index (κ2) is 7.94. The van der Waals surface area contributed by atoms with Crippen molar-refractivity contribution in [1.82, 2.24) is 4.90 Å². The van der Waals surface area contributed by atoms with Crippen molar-refractivity contribution in [2.45, 2.75) is 39.0 Å². The van der Waals surface area contributed by atoms with Gasteiger partial charge in [-0.1, -0.05) is 6.07 Å². The van der Waals surface area contributed by atoms with Gasteiger partial charge in [0.15, 0.2) is 11.5 Å². The first-order chi connectivity index (χ1) is 14.8. The number of anilines is 1. The number of likely N-dealkylation sites (tertiary alicyclic amines) is 1. The van der Waals surface area contributed by atoms with Crippen molar-refractivity contribution < 1.29 is 28.6 Å². The Morgan fingerprint density at radius 3 is 2.55 bits per heavy atom. The number of hydrogen-bond acceptors (Lipinski definition) is 6. The van der Waals surface area contributed by atoms with E-state index in [2.05, 4.69) is 5.32 Å². The van der Waals surface area contributed by atoms with Gasteiger partial charge >= 0.3 is 5.97 Å². The third-order valence-electron chi connectivity index (χ3n) is 5.85. The quantitative estimate of drug-likeness (QED) is 0.742. The number of hydrogen-bond donors (Lipinski definition) is 1. The molecule has 0 spiro atoms. The summed E-state index contributed by atoms with van der Waals surface area (Å²) < 4.78 is 16.2. The Kier molecular flexibility index (Phi) is 5.31. The van der Waals surface area contributed by atoms with E-state index in [0.29, 0.717) is 23.4 Å². The van der Waals surface area contributed by atoms with Crippen LogP contribution in [-0.2, 0) is 14.3 Å². The second-order valence-corrected chi connectivity index (χ2v) is 7.67. The normalized spacial score (nSPS) is 19.8. The molecule has 8 nitrogen and oxygen atoms in total. The zero-order valence-corrected chi connectivity index (χ0v) is 17.9. The number of nitrogens with one attached hydrogen (secondary N) is 1. The Hall–Kier alpha value is -3.55. The van der Waals surface area contributed by atoms with Gasteiger partial charge in [0.25, 0.3) is 0 Å². The lowest BCUT2D eigenvalue weighted by atomic mass is 10.0. The highest BCUT2D eigenvalue weighted by Crippen LogP contribution is 2.45. The number of rotatable bonds is 5. The van der Waals surface area contributed by atoms with Crippen LogP contribution >= 0.6 is 0 Å². The highest BCUT2D eigenvalue weighted by Gasteiger charge is 2.47. The number of amides is 2. The van der Waals surface area contributed by atoms with Gasteiger partial charge in [0, 0.05) is 17.7 Å². The molecule has 1 fully saturated rings. The molecular formula is C23H24N2O6. The molecule has 2 aliphatic rings. The monoisotopic (exact) mass is 424 g/mol. The van der Waals surface area contributed by atoms with Crippen LogP contribution in [0.4, 0.5) is 5.69 Å². The van der Waals surface area contributed by atoms with Crippen molar-refractivity contribution in [3.63, 3.8) is 0 Å². The van der Waals surface area contributed by atoms with Crippen LogP contribution in [0.2, 0.25) is 0 Å². The fraction of sp³-hybridized carbons (Fsp3) is 0.348. The Labute approximate surface area is 180 Å². The topological polar surface area (TPSA) is 94.2 Å². The summed E-state index contributed by atoms with van der Waals surface area (Å²) in [5.41, 5.74) is 3.51. The number of methoxy groups -OCH3 is 2. The van der Waals surface area contributed by atoms with E-state index in [1.165, 1.54) is 19.1 Å². The van der Waals surface area contributed by atoms with Gasteiger partial charge < -0.3 is 19.5 Å². The van der Waals surface area contributed by atoms with Crippen LogP contribution < -0.4 is 14.8 Å². The number of ether oxygens (including phenoxy) is 3. The zero-order chi connectivity index (χ0) is 22.3. The fourth-order valence-electron chi connectivity index (χ4n) is 4.09. The first kappa shape index (κ1) is 20.7. The summed E-state index contributed by atoms with van der Waals surface area (Å²) in [6.45, 7) is 3.96. The van der Waals surface area contributed by atoms with E-state index < -0.39 is 18.2 Å². The predicted octanol–water partition coefficient (Wildman–Crippen LogP) is 3.12. The van der Waals surface area contributed by atoms with Crippen LogP contribution in [0.15, 0.2) is 30.3 Å². The molecule has 0 bridgehead atoms. The molecule has 0 aliphatic carbocycles. The average molecular weight is 424 g/mol. The summed E-state index contributed by atoms with van der Waals surface area (Å²) in [6, 6.07) is 8.19. The van der Waals surface area contributed by atoms with Crippen LogP contribution in [0.25, 0.3) is 0 Å². The van der Waals surface area contributed by atoms with E-state index in [0.717, 1.165) is 11.1 Å². The van der Waals surface area contributed by atoms with Crippen molar-refractivity contribution in [2.24, 2.45) is 0 Å². The molecule has 2 aliphatic heterocycles. The first-order valence-electron chi connectivity index (χ1n) is 10.0. The smallest absolute Gasteiger partial charge is 0.344 e. The number of nitrogens with zero attached hydrogens (tertiary/aromatic N) is 1. The van der Waals surface area contributed by atoms with Crippen molar-refractivity contribution >= 4 is 23.5 Å². The SMILES string of the molecule is COc1ccc2c(c1OC)C(=O)O[C@H]2N1C(=O)CC[C@@H]1C(=O)Nc1ccc(C)c(C)c1. The Balaban J connectivity index is 1.64. The Morgan fingerprint density at radius 2 is 1.87 bits per heavy atom. The van der Waals surface area contributed by atoms with Crippen LogP contribution in [0.3, 0.4) is 0 Å². The number of cyclic esters (lactones) is 1. The van der Waals surface area contributed by atoms with Gasteiger partial charge in [-0.25, -0.2) is 4.79 Å². The number of carbonyl (C=O) groups excluding carboxylic acids is 3. The summed E-state index contributed by atoms with van der Waals surface area (Å²) in [7, 11) is 2.90. The molecule has 0 aromatic heterocycles. The van der Waals surface area contributed by atoms with Crippen LogP contribution in [0.1, 0.15) is 46.1 Å². The van der Waals surface area contributed by atoms with Crippen LogP contribution in [0.5, 0.6) is 11.5 Å². The van der Waals surface area contributed by atoms with Gasteiger partial charge in [0.1, 0.15) is 11.6 Å². The van der Waals surface area contributed by atoms with E-state index in [-0.39, 0.29) is 29.5 Å². The Bertz CT molecular complexity index is 1080. The van der Waals surface area contributed by atoms with E-state index in [9.17, 15) is 14.4 Å². The van der Waals surface area contributed by atoms with E-state index >= 15 is 0 Å². The second-order valence-electron chi connectivity index (χ2n) is 7.67. The molecule has 1 saturated heterocycles. The number of aryl methyl sites for hydroxylation is 2. The molecule has 2 heterocycles.